The number of rotatable bonds is 2. The molecule has 1 aliphatic heterocycles. The van der Waals surface area contributed by atoms with Gasteiger partial charge in [-0.2, -0.15) is 0 Å². The van der Waals surface area contributed by atoms with E-state index in [-0.39, 0.29) is 17.7 Å². The van der Waals surface area contributed by atoms with Gasteiger partial charge in [-0.15, -0.1) is 0 Å². The molecule has 1 saturated heterocycles. The fourth-order valence-electron chi connectivity index (χ4n) is 4.01. The molecule has 126 valence electrons. The van der Waals surface area contributed by atoms with Crippen molar-refractivity contribution in [2.45, 2.75) is 52.0 Å². The van der Waals surface area contributed by atoms with Crippen molar-refractivity contribution >= 4 is 11.7 Å². The van der Waals surface area contributed by atoms with Crippen LogP contribution < -0.4 is 0 Å². The monoisotopic (exact) mass is 328 g/mol. The van der Waals surface area contributed by atoms with Gasteiger partial charge in [0.1, 0.15) is 17.8 Å². The van der Waals surface area contributed by atoms with E-state index in [1.807, 2.05) is 18.7 Å². The Kier molecular flexibility index (Phi) is 3.55. The number of aryl methyl sites for hydroxylation is 3. The molecule has 0 unspecified atom stereocenters. The second-order valence-electron chi connectivity index (χ2n) is 6.62. The van der Waals surface area contributed by atoms with Crippen LogP contribution in [0.4, 0.5) is 0 Å². The molecule has 6 nitrogen and oxygen atoms in total. The summed E-state index contributed by atoms with van der Waals surface area (Å²) in [4.78, 5) is 27.2. The highest BCUT2D eigenvalue weighted by Crippen LogP contribution is 2.37. The number of amides is 1. The van der Waals surface area contributed by atoms with E-state index in [0.29, 0.717) is 29.9 Å². The van der Waals surface area contributed by atoms with Gasteiger partial charge in [0.15, 0.2) is 5.78 Å². The zero-order valence-corrected chi connectivity index (χ0v) is 13.9. The molecule has 1 atom stereocenters. The van der Waals surface area contributed by atoms with Crippen molar-refractivity contribution < 1.29 is 18.5 Å². The van der Waals surface area contributed by atoms with Crippen LogP contribution in [0.3, 0.4) is 0 Å². The number of ketones is 1. The Morgan fingerprint density at radius 1 is 1.29 bits per heavy atom. The first-order chi connectivity index (χ1) is 11.6. The summed E-state index contributed by atoms with van der Waals surface area (Å²) in [6, 6.07) is -0.0482. The van der Waals surface area contributed by atoms with E-state index in [9.17, 15) is 9.59 Å². The molecule has 6 heteroatoms. The molecule has 0 bridgehead atoms. The Balaban J connectivity index is 1.70. The number of likely N-dealkylation sites (tertiary alicyclic amines) is 1. The first-order valence-electron chi connectivity index (χ1n) is 8.45. The Labute approximate surface area is 139 Å². The molecule has 2 aliphatic rings. The van der Waals surface area contributed by atoms with Gasteiger partial charge in [0, 0.05) is 24.9 Å². The van der Waals surface area contributed by atoms with Crippen LogP contribution in [-0.4, -0.2) is 28.3 Å². The van der Waals surface area contributed by atoms with Gasteiger partial charge in [0.25, 0.3) is 5.91 Å². The summed E-state index contributed by atoms with van der Waals surface area (Å²) in [7, 11) is 0. The lowest BCUT2D eigenvalue weighted by atomic mass is 9.93. The number of Topliss-reactive ketones (excluding diaryl/α,β-unsaturated/α-hetero) is 1. The maximum atomic E-state index is 13.1. The molecule has 3 heterocycles. The van der Waals surface area contributed by atoms with Crippen LogP contribution in [-0.2, 0) is 6.42 Å². The van der Waals surface area contributed by atoms with Crippen molar-refractivity contribution in [1.82, 2.24) is 10.1 Å². The zero-order valence-electron chi connectivity index (χ0n) is 13.9. The summed E-state index contributed by atoms with van der Waals surface area (Å²) in [6.07, 6.45) is 5.26. The summed E-state index contributed by atoms with van der Waals surface area (Å²) in [5.41, 5.74) is 2.72. The van der Waals surface area contributed by atoms with Gasteiger partial charge in [0.05, 0.1) is 22.9 Å². The van der Waals surface area contributed by atoms with E-state index in [4.69, 9.17) is 8.94 Å². The molecule has 2 aromatic heterocycles. The molecule has 0 spiro atoms. The topological polar surface area (TPSA) is 76.6 Å². The van der Waals surface area contributed by atoms with E-state index in [0.717, 1.165) is 42.7 Å². The fourth-order valence-corrected chi connectivity index (χ4v) is 4.01. The molecule has 1 fully saturated rings. The van der Waals surface area contributed by atoms with Crippen molar-refractivity contribution in [2.24, 2.45) is 0 Å². The quantitative estimate of drug-likeness (QED) is 0.844. The predicted octanol–water partition coefficient (Wildman–Crippen LogP) is 3.38. The summed E-state index contributed by atoms with van der Waals surface area (Å²) in [5, 5.41) is 4.01. The largest absolute Gasteiger partial charge is 0.468 e. The third kappa shape index (κ3) is 2.20. The molecule has 0 aromatic carbocycles. The molecular weight excluding hydrogens is 308 g/mol. The molecule has 4 rings (SSSR count). The number of fused-ring (bicyclic) bond motifs is 1. The standard InChI is InChI=1S/C18H20N2O4/c1-10-16(11(2)24-19-10)13-5-4-8-20(13)18(22)12-9-23-15-7-3-6-14(21)17(12)15/h9,13H,3-8H2,1-2H3/t13-/m0/s1. The molecule has 1 aliphatic carbocycles. The zero-order chi connectivity index (χ0) is 16.8. The third-order valence-electron chi connectivity index (χ3n) is 5.12. The van der Waals surface area contributed by atoms with Crippen molar-refractivity contribution in [1.29, 1.82) is 0 Å². The van der Waals surface area contributed by atoms with Crippen molar-refractivity contribution in [3.8, 4) is 0 Å². The second kappa shape index (κ2) is 5.61. The average molecular weight is 328 g/mol. The highest BCUT2D eigenvalue weighted by molar-refractivity contribution is 6.09. The minimum Gasteiger partial charge on any atom is -0.468 e. The van der Waals surface area contributed by atoms with Crippen LogP contribution in [0.5, 0.6) is 0 Å². The molecule has 0 N–H and O–H groups in total. The maximum absolute atomic E-state index is 13.1. The van der Waals surface area contributed by atoms with Gasteiger partial charge in [-0.05, 0) is 33.1 Å². The number of furan rings is 1. The molecule has 24 heavy (non-hydrogen) atoms. The average Bonchev–Trinajstić information content (AvgIpc) is 3.26. The van der Waals surface area contributed by atoms with Crippen LogP contribution >= 0.6 is 0 Å². The lowest BCUT2D eigenvalue weighted by Crippen LogP contribution is -2.32. The van der Waals surface area contributed by atoms with E-state index in [1.165, 1.54) is 6.26 Å². The maximum Gasteiger partial charge on any atom is 0.258 e. The fraction of sp³-hybridized carbons (Fsp3) is 0.500. The van der Waals surface area contributed by atoms with Gasteiger partial charge < -0.3 is 13.8 Å². The Morgan fingerprint density at radius 3 is 2.88 bits per heavy atom. The third-order valence-corrected chi connectivity index (χ3v) is 5.12. The van der Waals surface area contributed by atoms with Gasteiger partial charge >= 0.3 is 0 Å². The summed E-state index contributed by atoms with van der Waals surface area (Å²) in [6.45, 7) is 4.44. The summed E-state index contributed by atoms with van der Waals surface area (Å²) < 4.78 is 10.8. The number of aromatic nitrogens is 1. The number of carbonyl (C=O) groups excluding carboxylic acids is 2. The SMILES string of the molecule is Cc1noc(C)c1[C@@H]1CCCN1C(=O)c1coc2c1C(=O)CCC2. The highest BCUT2D eigenvalue weighted by Gasteiger charge is 2.37. The lowest BCUT2D eigenvalue weighted by molar-refractivity contribution is 0.0729. The van der Waals surface area contributed by atoms with Gasteiger partial charge in [-0.1, -0.05) is 5.16 Å². The van der Waals surface area contributed by atoms with E-state index >= 15 is 0 Å². The van der Waals surface area contributed by atoms with Crippen LogP contribution in [0, 0.1) is 13.8 Å². The van der Waals surface area contributed by atoms with Crippen LogP contribution in [0.25, 0.3) is 0 Å². The number of hydrogen-bond donors (Lipinski definition) is 0. The summed E-state index contributed by atoms with van der Waals surface area (Å²) >= 11 is 0. The van der Waals surface area contributed by atoms with Gasteiger partial charge in [-0.25, -0.2) is 0 Å². The minimum absolute atomic E-state index is 0.0152. The Morgan fingerprint density at radius 2 is 2.12 bits per heavy atom. The Hall–Kier alpha value is -2.37. The van der Waals surface area contributed by atoms with Crippen molar-refractivity contribution in [3.05, 3.63) is 40.2 Å². The van der Waals surface area contributed by atoms with Crippen molar-refractivity contribution in [3.63, 3.8) is 0 Å². The Bertz CT molecular complexity index is 798. The molecule has 1 amide bonds. The van der Waals surface area contributed by atoms with Gasteiger partial charge in [0.2, 0.25) is 0 Å². The van der Waals surface area contributed by atoms with Crippen LogP contribution in [0.2, 0.25) is 0 Å². The second-order valence-corrected chi connectivity index (χ2v) is 6.62. The smallest absolute Gasteiger partial charge is 0.258 e. The first kappa shape index (κ1) is 15.2. The molecular formula is C18H20N2O4. The first-order valence-corrected chi connectivity index (χ1v) is 8.45. The summed E-state index contributed by atoms with van der Waals surface area (Å²) in [5.74, 6) is 1.30. The van der Waals surface area contributed by atoms with Crippen LogP contribution in [0.15, 0.2) is 15.2 Å². The predicted molar refractivity (Wildman–Crippen MR) is 85.0 cm³/mol. The van der Waals surface area contributed by atoms with Crippen molar-refractivity contribution in [2.75, 3.05) is 6.54 Å². The minimum atomic E-state index is -0.127. The normalized spacial score (nSPS) is 20.5. The number of hydrogen-bond acceptors (Lipinski definition) is 5. The molecule has 0 radical (unpaired) electrons. The van der Waals surface area contributed by atoms with E-state index < -0.39 is 0 Å². The number of carbonyl (C=O) groups is 2. The van der Waals surface area contributed by atoms with E-state index in [1.54, 1.807) is 0 Å². The van der Waals surface area contributed by atoms with Crippen LogP contribution in [0.1, 0.15) is 75.2 Å². The van der Waals surface area contributed by atoms with E-state index in [2.05, 4.69) is 5.16 Å². The number of nitrogens with zero attached hydrogens (tertiary/aromatic N) is 2. The van der Waals surface area contributed by atoms with Gasteiger partial charge in [-0.3, -0.25) is 9.59 Å². The molecule has 0 saturated carbocycles. The molecule has 2 aromatic rings. The lowest BCUT2D eigenvalue weighted by Gasteiger charge is -2.25. The highest BCUT2D eigenvalue weighted by atomic mass is 16.5.